The van der Waals surface area contributed by atoms with Crippen molar-refractivity contribution in [2.75, 3.05) is 20.8 Å². The Morgan fingerprint density at radius 3 is 2.38 bits per heavy atom. The standard InChI is InChI=1S/C10H14N2O4/c1-15-9-6-8(12(13)14)10(16-2)5-7(9)3-4-11/h5-6H,3-4,11H2,1-2H3/i5+1. The Morgan fingerprint density at radius 1 is 1.31 bits per heavy atom. The van der Waals surface area contributed by atoms with Gasteiger partial charge >= 0.3 is 5.69 Å². The van der Waals surface area contributed by atoms with Gasteiger partial charge in [0.15, 0.2) is 5.75 Å². The summed E-state index contributed by atoms with van der Waals surface area (Å²) < 4.78 is 10.0. The molecule has 0 spiro atoms. The van der Waals surface area contributed by atoms with Crippen molar-refractivity contribution in [2.24, 2.45) is 5.73 Å². The van der Waals surface area contributed by atoms with Crippen LogP contribution in [0.25, 0.3) is 0 Å². The van der Waals surface area contributed by atoms with E-state index in [-0.39, 0.29) is 11.4 Å². The molecule has 0 amide bonds. The van der Waals surface area contributed by atoms with Crippen LogP contribution in [-0.2, 0) is 6.42 Å². The lowest BCUT2D eigenvalue weighted by molar-refractivity contribution is -0.385. The summed E-state index contributed by atoms with van der Waals surface area (Å²) in [5, 5.41) is 10.8. The van der Waals surface area contributed by atoms with E-state index in [0.717, 1.165) is 5.56 Å². The van der Waals surface area contributed by atoms with E-state index in [1.807, 2.05) is 0 Å². The van der Waals surface area contributed by atoms with Crippen molar-refractivity contribution in [2.45, 2.75) is 6.42 Å². The summed E-state index contributed by atoms with van der Waals surface area (Å²) in [5.74, 6) is 0.673. The molecule has 0 aromatic heterocycles. The van der Waals surface area contributed by atoms with Gasteiger partial charge in [0.25, 0.3) is 0 Å². The summed E-state index contributed by atoms with van der Waals surface area (Å²) in [7, 11) is 2.85. The molecule has 0 bridgehead atoms. The zero-order valence-corrected chi connectivity index (χ0v) is 9.23. The van der Waals surface area contributed by atoms with Crippen LogP contribution in [0.15, 0.2) is 12.1 Å². The molecule has 0 fully saturated rings. The van der Waals surface area contributed by atoms with Crippen LogP contribution in [0.5, 0.6) is 11.5 Å². The summed E-state index contributed by atoms with van der Waals surface area (Å²) in [6.45, 7) is 0.442. The highest BCUT2D eigenvalue weighted by Gasteiger charge is 2.18. The van der Waals surface area contributed by atoms with Crippen molar-refractivity contribution in [3.63, 3.8) is 0 Å². The molecular formula is C10H14N2O4. The average molecular weight is 227 g/mol. The molecule has 0 saturated heterocycles. The predicted molar refractivity (Wildman–Crippen MR) is 59.0 cm³/mol. The van der Waals surface area contributed by atoms with E-state index < -0.39 is 4.92 Å². The number of methoxy groups -OCH3 is 2. The number of nitrogens with zero attached hydrogens (tertiary/aromatic N) is 1. The van der Waals surface area contributed by atoms with Crippen molar-refractivity contribution < 1.29 is 14.4 Å². The molecule has 0 aliphatic carbocycles. The molecule has 1 rings (SSSR count). The van der Waals surface area contributed by atoms with Crippen LogP contribution in [0.4, 0.5) is 5.69 Å². The number of hydrogen-bond acceptors (Lipinski definition) is 5. The predicted octanol–water partition coefficient (Wildman–Crippen LogP) is 1.11. The maximum absolute atomic E-state index is 10.8. The SMILES string of the molecule is COc1cc([N+](=O)[O-])c(OC)[13cH]c1CCN. The molecule has 0 saturated carbocycles. The fraction of sp³-hybridized carbons (Fsp3) is 0.400. The molecule has 0 unspecified atom stereocenters. The number of benzene rings is 1. The van der Waals surface area contributed by atoms with Gasteiger partial charge in [-0.3, -0.25) is 10.1 Å². The normalized spacial score (nSPS) is 9.94. The maximum Gasteiger partial charge on any atom is 0.314 e. The van der Waals surface area contributed by atoms with Gasteiger partial charge in [-0.25, -0.2) is 0 Å². The van der Waals surface area contributed by atoms with E-state index in [2.05, 4.69) is 0 Å². The van der Waals surface area contributed by atoms with Crippen LogP contribution < -0.4 is 15.2 Å². The van der Waals surface area contributed by atoms with Crippen molar-refractivity contribution in [1.82, 2.24) is 0 Å². The van der Waals surface area contributed by atoms with Crippen molar-refractivity contribution >= 4 is 5.69 Å². The Kier molecular flexibility index (Phi) is 4.07. The molecule has 0 aliphatic heterocycles. The number of nitrogens with two attached hydrogens (primary N) is 1. The monoisotopic (exact) mass is 227 g/mol. The fourth-order valence-corrected chi connectivity index (χ4v) is 1.44. The first-order chi connectivity index (χ1) is 7.63. The number of hydrogen-bond donors (Lipinski definition) is 1. The topological polar surface area (TPSA) is 87.6 Å². The molecule has 88 valence electrons. The van der Waals surface area contributed by atoms with Gasteiger partial charge in [-0.15, -0.1) is 0 Å². The van der Waals surface area contributed by atoms with Crippen molar-refractivity contribution in [3.8, 4) is 11.5 Å². The lowest BCUT2D eigenvalue weighted by atomic mass is 10.2. The van der Waals surface area contributed by atoms with Crippen LogP contribution in [0.2, 0.25) is 0 Å². The van der Waals surface area contributed by atoms with E-state index in [4.69, 9.17) is 15.2 Å². The van der Waals surface area contributed by atoms with Crippen LogP contribution >= 0.6 is 0 Å². The molecule has 1 aromatic rings. The van der Waals surface area contributed by atoms with Crippen LogP contribution in [0, 0.1) is 10.1 Å². The molecule has 6 nitrogen and oxygen atoms in total. The van der Waals surface area contributed by atoms with Crippen LogP contribution in [-0.4, -0.2) is 25.7 Å². The average Bonchev–Trinajstić information content (AvgIpc) is 2.28. The number of ether oxygens (including phenoxy) is 2. The van der Waals surface area contributed by atoms with Gasteiger partial charge in [0.1, 0.15) is 5.75 Å². The van der Waals surface area contributed by atoms with Gasteiger partial charge < -0.3 is 15.2 Å². The second-order valence-corrected chi connectivity index (χ2v) is 3.13. The summed E-state index contributed by atoms with van der Waals surface area (Å²) >= 11 is 0. The molecule has 0 aliphatic rings. The zero-order chi connectivity index (χ0) is 12.1. The maximum atomic E-state index is 10.8. The van der Waals surface area contributed by atoms with Gasteiger partial charge in [0, 0.05) is 0 Å². The number of nitro groups is 1. The molecule has 0 radical (unpaired) electrons. The Labute approximate surface area is 93.1 Å². The first-order valence-electron chi connectivity index (χ1n) is 4.73. The summed E-state index contributed by atoms with van der Waals surface area (Å²) in [5.41, 5.74) is 6.13. The minimum Gasteiger partial charge on any atom is -0.496 e. The second kappa shape index (κ2) is 5.32. The summed E-state index contributed by atoms with van der Waals surface area (Å²) in [4.78, 5) is 10.3. The molecule has 0 heterocycles. The molecule has 6 heteroatoms. The van der Waals surface area contributed by atoms with Crippen molar-refractivity contribution in [3.05, 3.63) is 27.8 Å². The Morgan fingerprint density at radius 2 is 1.94 bits per heavy atom. The third-order valence-corrected chi connectivity index (χ3v) is 2.19. The van der Waals surface area contributed by atoms with E-state index in [0.29, 0.717) is 18.7 Å². The highest BCUT2D eigenvalue weighted by atomic mass is 16.6. The third kappa shape index (κ3) is 2.40. The Balaban J connectivity index is 3.28. The molecule has 16 heavy (non-hydrogen) atoms. The van der Waals surface area contributed by atoms with E-state index in [9.17, 15) is 10.1 Å². The first-order valence-corrected chi connectivity index (χ1v) is 4.73. The van der Waals surface area contributed by atoms with Crippen LogP contribution in [0.3, 0.4) is 0 Å². The summed E-state index contributed by atoms with van der Waals surface area (Å²) in [6, 6.07) is 2.94. The number of rotatable bonds is 5. The van der Waals surface area contributed by atoms with Gasteiger partial charge in [-0.2, -0.15) is 0 Å². The smallest absolute Gasteiger partial charge is 0.314 e. The molecule has 2 N–H and O–H groups in total. The second-order valence-electron chi connectivity index (χ2n) is 3.13. The Hall–Kier alpha value is -1.82. The minimum atomic E-state index is -0.506. The van der Waals surface area contributed by atoms with Crippen LogP contribution in [0.1, 0.15) is 5.56 Å². The van der Waals surface area contributed by atoms with Gasteiger partial charge in [0.2, 0.25) is 0 Å². The third-order valence-electron chi connectivity index (χ3n) is 2.19. The first kappa shape index (κ1) is 12.3. The Bertz CT molecular complexity index is 393. The highest BCUT2D eigenvalue weighted by Crippen LogP contribution is 2.34. The molecule has 1 aromatic carbocycles. The largest absolute Gasteiger partial charge is 0.496 e. The fourth-order valence-electron chi connectivity index (χ4n) is 1.44. The van der Waals surface area contributed by atoms with Gasteiger partial charge in [0.05, 0.1) is 25.2 Å². The zero-order valence-electron chi connectivity index (χ0n) is 9.23. The quantitative estimate of drug-likeness (QED) is 0.601. The van der Waals surface area contributed by atoms with E-state index >= 15 is 0 Å². The van der Waals surface area contributed by atoms with Crippen molar-refractivity contribution in [1.29, 1.82) is 0 Å². The van der Waals surface area contributed by atoms with Gasteiger partial charge in [-0.1, -0.05) is 0 Å². The minimum absolute atomic E-state index is 0.111. The van der Waals surface area contributed by atoms with Gasteiger partial charge in [-0.05, 0) is 24.6 Å². The lowest BCUT2D eigenvalue weighted by Gasteiger charge is -2.10. The lowest BCUT2D eigenvalue weighted by Crippen LogP contribution is -2.05. The van der Waals surface area contributed by atoms with E-state index in [1.54, 1.807) is 6.07 Å². The number of nitro benzene ring substituents is 1. The van der Waals surface area contributed by atoms with E-state index in [1.165, 1.54) is 20.3 Å². The summed E-state index contributed by atoms with van der Waals surface area (Å²) in [6.07, 6.45) is 0.581. The molecular weight excluding hydrogens is 213 g/mol. The molecule has 0 atom stereocenters. The highest BCUT2D eigenvalue weighted by molar-refractivity contribution is 5.55.